The molecule has 1 saturated carbocycles. The van der Waals surface area contributed by atoms with Crippen molar-refractivity contribution in [3.05, 3.63) is 36.0 Å². The molecule has 1 N–H and O–H groups in total. The fourth-order valence-corrected chi connectivity index (χ4v) is 2.76. The molecule has 1 aromatic heterocycles. The summed E-state index contributed by atoms with van der Waals surface area (Å²) in [5.41, 5.74) is 0.693. The molecule has 0 radical (unpaired) electrons. The zero-order chi connectivity index (χ0) is 13.9. The molecule has 0 saturated heterocycles. The van der Waals surface area contributed by atoms with Gasteiger partial charge in [0.15, 0.2) is 5.69 Å². The molecule has 3 rings (SSSR count). The van der Waals surface area contributed by atoms with Crippen LogP contribution >= 0.6 is 0 Å². The van der Waals surface area contributed by atoms with Gasteiger partial charge in [-0.3, -0.25) is 0 Å². The largest absolute Gasteiger partial charge is 0.493 e. The van der Waals surface area contributed by atoms with Crippen molar-refractivity contribution >= 4 is 16.9 Å². The van der Waals surface area contributed by atoms with Crippen LogP contribution in [-0.4, -0.2) is 22.7 Å². The third kappa shape index (κ3) is 2.59. The summed E-state index contributed by atoms with van der Waals surface area (Å²) in [6.45, 7) is 0.660. The molecule has 104 valence electrons. The van der Waals surface area contributed by atoms with Crippen LogP contribution in [0, 0.1) is 5.92 Å². The molecule has 1 heterocycles. The Morgan fingerprint density at radius 2 is 2.05 bits per heavy atom. The van der Waals surface area contributed by atoms with Gasteiger partial charge >= 0.3 is 5.97 Å². The van der Waals surface area contributed by atoms with Gasteiger partial charge in [0.25, 0.3) is 0 Å². The van der Waals surface area contributed by atoms with Gasteiger partial charge in [-0.2, -0.15) is 0 Å². The van der Waals surface area contributed by atoms with Gasteiger partial charge in [-0.05, 0) is 30.9 Å². The molecule has 0 amide bonds. The van der Waals surface area contributed by atoms with Crippen LogP contribution in [0.1, 0.15) is 36.2 Å². The first kappa shape index (κ1) is 12.9. The number of pyridine rings is 1. The number of carboxylic acids is 1. The van der Waals surface area contributed by atoms with E-state index in [2.05, 4.69) is 4.98 Å². The summed E-state index contributed by atoms with van der Waals surface area (Å²) in [6.07, 6.45) is 4.95. The molecule has 0 spiro atoms. The number of hydrogen-bond acceptors (Lipinski definition) is 3. The summed E-state index contributed by atoms with van der Waals surface area (Å²) in [7, 11) is 0. The van der Waals surface area contributed by atoms with Crippen molar-refractivity contribution in [1.29, 1.82) is 0 Å². The van der Waals surface area contributed by atoms with E-state index in [4.69, 9.17) is 9.84 Å². The predicted octanol–water partition coefficient (Wildman–Crippen LogP) is 3.50. The summed E-state index contributed by atoms with van der Waals surface area (Å²) < 4.78 is 5.89. The third-order valence-electron chi connectivity index (χ3n) is 3.85. The van der Waals surface area contributed by atoms with Crippen LogP contribution in [-0.2, 0) is 0 Å². The van der Waals surface area contributed by atoms with E-state index in [0.29, 0.717) is 23.8 Å². The van der Waals surface area contributed by atoms with E-state index in [1.54, 1.807) is 0 Å². The lowest BCUT2D eigenvalue weighted by molar-refractivity contribution is 0.0690. The van der Waals surface area contributed by atoms with Gasteiger partial charge in [-0.25, -0.2) is 9.78 Å². The maximum absolute atomic E-state index is 11.1. The quantitative estimate of drug-likeness (QED) is 0.924. The molecule has 1 aliphatic rings. The monoisotopic (exact) mass is 271 g/mol. The van der Waals surface area contributed by atoms with Gasteiger partial charge in [0.2, 0.25) is 0 Å². The third-order valence-corrected chi connectivity index (χ3v) is 3.85. The van der Waals surface area contributed by atoms with Crippen molar-refractivity contribution in [3.8, 4) is 5.75 Å². The first-order chi connectivity index (χ1) is 9.74. The predicted molar refractivity (Wildman–Crippen MR) is 76.2 cm³/mol. The number of rotatable bonds is 4. The Morgan fingerprint density at radius 3 is 2.80 bits per heavy atom. The number of para-hydroxylation sites is 1. The second-order valence-corrected chi connectivity index (χ2v) is 5.29. The number of benzene rings is 1. The summed E-state index contributed by atoms with van der Waals surface area (Å²) >= 11 is 0. The zero-order valence-corrected chi connectivity index (χ0v) is 11.2. The lowest BCUT2D eigenvalue weighted by atomic mass is 10.1. The van der Waals surface area contributed by atoms with Crippen LogP contribution in [0.4, 0.5) is 0 Å². The number of aromatic nitrogens is 1. The van der Waals surface area contributed by atoms with E-state index in [1.165, 1.54) is 31.7 Å². The Hall–Kier alpha value is -2.10. The second-order valence-electron chi connectivity index (χ2n) is 5.29. The number of hydrogen-bond donors (Lipinski definition) is 1. The minimum atomic E-state index is -1.03. The molecule has 1 aromatic carbocycles. The Bertz CT molecular complexity index is 633. The van der Waals surface area contributed by atoms with Crippen LogP contribution in [0.2, 0.25) is 0 Å². The van der Waals surface area contributed by atoms with E-state index < -0.39 is 5.97 Å². The Labute approximate surface area is 117 Å². The fourth-order valence-electron chi connectivity index (χ4n) is 2.76. The van der Waals surface area contributed by atoms with Crippen LogP contribution in [0.25, 0.3) is 10.9 Å². The summed E-state index contributed by atoms with van der Waals surface area (Å²) in [4.78, 5) is 15.3. The van der Waals surface area contributed by atoms with E-state index in [1.807, 2.05) is 24.3 Å². The molecule has 0 aliphatic heterocycles. The van der Waals surface area contributed by atoms with Gasteiger partial charge in [-0.15, -0.1) is 0 Å². The van der Waals surface area contributed by atoms with E-state index in [9.17, 15) is 4.79 Å². The van der Waals surface area contributed by atoms with E-state index in [0.717, 1.165) is 5.39 Å². The van der Waals surface area contributed by atoms with Gasteiger partial charge < -0.3 is 9.84 Å². The molecule has 1 aliphatic carbocycles. The van der Waals surface area contributed by atoms with Gasteiger partial charge in [0.1, 0.15) is 5.75 Å². The van der Waals surface area contributed by atoms with Crippen LogP contribution in [0.3, 0.4) is 0 Å². The lowest BCUT2D eigenvalue weighted by Gasteiger charge is -2.13. The molecule has 4 nitrogen and oxygen atoms in total. The normalized spacial score (nSPS) is 15.6. The molecular weight excluding hydrogens is 254 g/mol. The summed E-state index contributed by atoms with van der Waals surface area (Å²) in [5, 5.41) is 10.0. The molecule has 0 unspecified atom stereocenters. The second kappa shape index (κ2) is 5.49. The minimum Gasteiger partial charge on any atom is -0.493 e. The molecule has 0 atom stereocenters. The molecule has 1 fully saturated rings. The average Bonchev–Trinajstić information content (AvgIpc) is 2.97. The molecule has 4 heteroatoms. The standard InChI is InChI=1S/C16H17NO3/c18-16(19)14-9-15(20-10-11-5-1-2-6-11)12-7-3-4-8-13(12)17-14/h3-4,7-9,11H,1-2,5-6,10H2,(H,18,19). The highest BCUT2D eigenvalue weighted by Gasteiger charge is 2.17. The topological polar surface area (TPSA) is 59.4 Å². The maximum atomic E-state index is 11.1. The van der Waals surface area contributed by atoms with Crippen molar-refractivity contribution in [2.75, 3.05) is 6.61 Å². The first-order valence-corrected chi connectivity index (χ1v) is 7.00. The molecular formula is C16H17NO3. The van der Waals surface area contributed by atoms with Crippen molar-refractivity contribution in [2.24, 2.45) is 5.92 Å². The fraction of sp³-hybridized carbons (Fsp3) is 0.375. The average molecular weight is 271 g/mol. The minimum absolute atomic E-state index is 0.0325. The Morgan fingerprint density at radius 1 is 1.30 bits per heavy atom. The van der Waals surface area contributed by atoms with Gasteiger partial charge in [-0.1, -0.05) is 25.0 Å². The van der Waals surface area contributed by atoms with E-state index >= 15 is 0 Å². The molecule has 20 heavy (non-hydrogen) atoms. The van der Waals surface area contributed by atoms with Crippen molar-refractivity contribution in [1.82, 2.24) is 4.98 Å². The molecule has 0 bridgehead atoms. The smallest absolute Gasteiger partial charge is 0.354 e. The Balaban J connectivity index is 1.92. The van der Waals surface area contributed by atoms with Gasteiger partial charge in [0, 0.05) is 11.5 Å². The van der Waals surface area contributed by atoms with Crippen LogP contribution in [0.15, 0.2) is 30.3 Å². The van der Waals surface area contributed by atoms with Crippen molar-refractivity contribution in [3.63, 3.8) is 0 Å². The zero-order valence-electron chi connectivity index (χ0n) is 11.2. The van der Waals surface area contributed by atoms with Gasteiger partial charge in [0.05, 0.1) is 12.1 Å². The SMILES string of the molecule is O=C(O)c1cc(OCC2CCCC2)c2ccccc2n1. The first-order valence-electron chi connectivity index (χ1n) is 7.00. The highest BCUT2D eigenvalue weighted by atomic mass is 16.5. The number of fused-ring (bicyclic) bond motifs is 1. The van der Waals surface area contributed by atoms with Crippen molar-refractivity contribution in [2.45, 2.75) is 25.7 Å². The van der Waals surface area contributed by atoms with Crippen LogP contribution in [0.5, 0.6) is 5.75 Å². The Kier molecular flexibility index (Phi) is 3.54. The highest BCUT2D eigenvalue weighted by Crippen LogP contribution is 2.29. The molecule has 2 aromatic rings. The van der Waals surface area contributed by atoms with Crippen LogP contribution < -0.4 is 4.74 Å². The highest BCUT2D eigenvalue weighted by molar-refractivity contribution is 5.93. The maximum Gasteiger partial charge on any atom is 0.354 e. The number of aromatic carboxylic acids is 1. The summed E-state index contributed by atoms with van der Waals surface area (Å²) in [5.74, 6) is 0.191. The summed E-state index contributed by atoms with van der Waals surface area (Å²) in [6, 6.07) is 9.01. The van der Waals surface area contributed by atoms with E-state index in [-0.39, 0.29) is 5.69 Å². The number of carboxylic acid groups (broad SMARTS) is 1. The van der Waals surface area contributed by atoms with Crippen molar-refractivity contribution < 1.29 is 14.6 Å². The lowest BCUT2D eigenvalue weighted by Crippen LogP contribution is -2.09. The number of ether oxygens (including phenoxy) is 1. The number of nitrogens with zero attached hydrogens (tertiary/aromatic N) is 1. The number of carbonyl (C=O) groups is 1.